The highest BCUT2D eigenvalue weighted by molar-refractivity contribution is 5.85. The number of hydrogen-bond donors (Lipinski definition) is 1. The standard InChI is InChI=1S/C15H22F2N2.ClH/c1-15(2,3)14(19-9-7-18-8-10-19)13-11(16)5-4-6-12(13)17;/h4-6,14,18H,7-10H2,1-3H3;1H/t14-;/m0./s1. The number of halogens is 3. The molecule has 114 valence electrons. The summed E-state index contributed by atoms with van der Waals surface area (Å²) in [6, 6.07) is 3.88. The fourth-order valence-electron chi connectivity index (χ4n) is 2.88. The molecule has 0 aromatic heterocycles. The van der Waals surface area contributed by atoms with E-state index in [2.05, 4.69) is 10.2 Å². The zero-order valence-corrected chi connectivity index (χ0v) is 13.1. The van der Waals surface area contributed by atoms with Crippen molar-refractivity contribution in [2.75, 3.05) is 26.2 Å². The third-order valence-corrected chi connectivity index (χ3v) is 3.61. The summed E-state index contributed by atoms with van der Waals surface area (Å²) < 4.78 is 28.2. The molecule has 0 bridgehead atoms. The average Bonchev–Trinajstić information content (AvgIpc) is 2.33. The molecule has 0 amide bonds. The number of benzene rings is 1. The molecule has 1 heterocycles. The second kappa shape index (κ2) is 6.83. The molecular weight excluding hydrogens is 282 g/mol. The summed E-state index contributed by atoms with van der Waals surface area (Å²) in [6.07, 6.45) is 0. The van der Waals surface area contributed by atoms with E-state index in [9.17, 15) is 8.78 Å². The van der Waals surface area contributed by atoms with Crippen LogP contribution in [-0.4, -0.2) is 31.1 Å². The van der Waals surface area contributed by atoms with Gasteiger partial charge in [-0.2, -0.15) is 0 Å². The van der Waals surface area contributed by atoms with Gasteiger partial charge in [-0.3, -0.25) is 4.90 Å². The normalized spacial score (nSPS) is 18.4. The number of nitrogens with zero attached hydrogens (tertiary/aromatic N) is 1. The zero-order chi connectivity index (χ0) is 14.0. The Labute approximate surface area is 126 Å². The first-order chi connectivity index (χ1) is 8.91. The maximum atomic E-state index is 14.1. The summed E-state index contributed by atoms with van der Waals surface area (Å²) in [4.78, 5) is 2.18. The van der Waals surface area contributed by atoms with Crippen molar-refractivity contribution >= 4 is 12.4 Å². The molecule has 0 spiro atoms. The molecule has 2 nitrogen and oxygen atoms in total. The zero-order valence-electron chi connectivity index (χ0n) is 12.2. The van der Waals surface area contributed by atoms with Crippen molar-refractivity contribution in [2.24, 2.45) is 5.41 Å². The molecule has 1 fully saturated rings. The van der Waals surface area contributed by atoms with Gasteiger partial charge in [-0.25, -0.2) is 8.78 Å². The molecule has 0 unspecified atom stereocenters. The highest BCUT2D eigenvalue weighted by Crippen LogP contribution is 2.40. The van der Waals surface area contributed by atoms with Crippen LogP contribution in [0.1, 0.15) is 32.4 Å². The van der Waals surface area contributed by atoms with E-state index in [1.54, 1.807) is 0 Å². The first-order valence-corrected chi connectivity index (χ1v) is 6.80. The maximum Gasteiger partial charge on any atom is 0.130 e. The molecule has 1 aliphatic heterocycles. The highest BCUT2D eigenvalue weighted by Gasteiger charge is 2.36. The van der Waals surface area contributed by atoms with E-state index in [4.69, 9.17) is 0 Å². The third-order valence-electron chi connectivity index (χ3n) is 3.61. The molecule has 1 aromatic rings. The molecule has 0 saturated carbocycles. The van der Waals surface area contributed by atoms with Gasteiger partial charge in [-0.1, -0.05) is 26.8 Å². The molecule has 1 saturated heterocycles. The van der Waals surface area contributed by atoms with Crippen molar-refractivity contribution in [2.45, 2.75) is 26.8 Å². The number of nitrogens with one attached hydrogen (secondary N) is 1. The number of hydrogen-bond acceptors (Lipinski definition) is 2. The minimum absolute atomic E-state index is 0. The van der Waals surface area contributed by atoms with Gasteiger partial charge in [0.2, 0.25) is 0 Å². The van der Waals surface area contributed by atoms with E-state index in [-0.39, 0.29) is 29.4 Å². The SMILES string of the molecule is CC(C)(C)[C@H](c1c(F)cccc1F)N1CCNCC1.Cl. The second-order valence-corrected chi connectivity index (χ2v) is 6.19. The largest absolute Gasteiger partial charge is 0.314 e. The van der Waals surface area contributed by atoms with Gasteiger partial charge in [0.05, 0.1) is 0 Å². The van der Waals surface area contributed by atoms with E-state index in [1.807, 2.05) is 20.8 Å². The van der Waals surface area contributed by atoms with Crippen LogP contribution in [0, 0.1) is 17.0 Å². The van der Waals surface area contributed by atoms with Crippen LogP contribution >= 0.6 is 12.4 Å². The van der Waals surface area contributed by atoms with Crippen LogP contribution in [0.5, 0.6) is 0 Å². The first kappa shape index (κ1) is 17.3. The molecule has 1 atom stereocenters. The van der Waals surface area contributed by atoms with E-state index in [0.717, 1.165) is 26.2 Å². The van der Waals surface area contributed by atoms with Crippen molar-refractivity contribution in [3.8, 4) is 0 Å². The molecule has 1 N–H and O–H groups in total. The van der Waals surface area contributed by atoms with Crippen molar-refractivity contribution < 1.29 is 8.78 Å². The quantitative estimate of drug-likeness (QED) is 0.901. The van der Waals surface area contributed by atoms with Gasteiger partial charge in [0, 0.05) is 37.8 Å². The molecule has 0 radical (unpaired) electrons. The van der Waals surface area contributed by atoms with E-state index in [0.29, 0.717) is 0 Å². The highest BCUT2D eigenvalue weighted by atomic mass is 35.5. The van der Waals surface area contributed by atoms with Gasteiger partial charge in [0.15, 0.2) is 0 Å². The van der Waals surface area contributed by atoms with Crippen LogP contribution in [0.15, 0.2) is 18.2 Å². The Morgan fingerprint density at radius 1 is 1.10 bits per heavy atom. The van der Waals surface area contributed by atoms with Crippen molar-refractivity contribution in [1.29, 1.82) is 0 Å². The summed E-state index contributed by atoms with van der Waals surface area (Å²) in [5, 5.41) is 3.27. The minimum atomic E-state index is -0.446. The average molecular weight is 305 g/mol. The van der Waals surface area contributed by atoms with E-state index in [1.165, 1.54) is 18.2 Å². The molecule has 5 heteroatoms. The van der Waals surface area contributed by atoms with Crippen LogP contribution in [0.3, 0.4) is 0 Å². The van der Waals surface area contributed by atoms with Gasteiger partial charge in [-0.05, 0) is 17.5 Å². The summed E-state index contributed by atoms with van der Waals surface area (Å²) >= 11 is 0. The van der Waals surface area contributed by atoms with Crippen LogP contribution in [0.2, 0.25) is 0 Å². The van der Waals surface area contributed by atoms with E-state index < -0.39 is 11.6 Å². The minimum Gasteiger partial charge on any atom is -0.314 e. The lowest BCUT2D eigenvalue weighted by Gasteiger charge is -2.42. The number of rotatable bonds is 2. The van der Waals surface area contributed by atoms with Crippen LogP contribution < -0.4 is 5.32 Å². The lowest BCUT2D eigenvalue weighted by atomic mass is 9.80. The van der Waals surface area contributed by atoms with Gasteiger partial charge in [-0.15, -0.1) is 12.4 Å². The van der Waals surface area contributed by atoms with Crippen molar-refractivity contribution in [3.63, 3.8) is 0 Å². The lowest BCUT2D eigenvalue weighted by Crippen LogP contribution is -2.48. The Balaban J connectivity index is 0.00000200. The fourth-order valence-corrected chi connectivity index (χ4v) is 2.88. The number of piperazine rings is 1. The monoisotopic (exact) mass is 304 g/mol. The Bertz CT molecular complexity index is 420. The van der Waals surface area contributed by atoms with Crippen LogP contribution in [0.4, 0.5) is 8.78 Å². The molecule has 1 aliphatic rings. The van der Waals surface area contributed by atoms with Crippen LogP contribution in [0.25, 0.3) is 0 Å². The Hall–Kier alpha value is -0.710. The predicted octanol–water partition coefficient (Wildman–Crippen LogP) is 3.38. The summed E-state index contributed by atoms with van der Waals surface area (Å²) in [6.45, 7) is 9.46. The second-order valence-electron chi connectivity index (χ2n) is 6.19. The summed E-state index contributed by atoms with van der Waals surface area (Å²) in [5.41, 5.74) is -0.0164. The molecule has 2 rings (SSSR count). The van der Waals surface area contributed by atoms with Crippen molar-refractivity contribution in [3.05, 3.63) is 35.4 Å². The molecule has 20 heavy (non-hydrogen) atoms. The Kier molecular flexibility index (Phi) is 5.92. The summed E-state index contributed by atoms with van der Waals surface area (Å²) in [7, 11) is 0. The molecular formula is C15H23ClF2N2. The Morgan fingerprint density at radius 2 is 1.60 bits per heavy atom. The van der Waals surface area contributed by atoms with Gasteiger partial charge in [0.25, 0.3) is 0 Å². The first-order valence-electron chi connectivity index (χ1n) is 6.80. The van der Waals surface area contributed by atoms with Gasteiger partial charge in [0.1, 0.15) is 11.6 Å². The van der Waals surface area contributed by atoms with Gasteiger partial charge >= 0.3 is 0 Å². The maximum absolute atomic E-state index is 14.1. The van der Waals surface area contributed by atoms with Gasteiger partial charge < -0.3 is 5.32 Å². The molecule has 0 aliphatic carbocycles. The van der Waals surface area contributed by atoms with E-state index >= 15 is 0 Å². The van der Waals surface area contributed by atoms with Crippen LogP contribution in [-0.2, 0) is 0 Å². The predicted molar refractivity (Wildman–Crippen MR) is 80.2 cm³/mol. The van der Waals surface area contributed by atoms with Crippen molar-refractivity contribution in [1.82, 2.24) is 10.2 Å². The topological polar surface area (TPSA) is 15.3 Å². The smallest absolute Gasteiger partial charge is 0.130 e. The Morgan fingerprint density at radius 3 is 2.05 bits per heavy atom. The molecule has 1 aromatic carbocycles. The summed E-state index contributed by atoms with van der Waals surface area (Å²) in [5.74, 6) is -0.892. The fraction of sp³-hybridized carbons (Fsp3) is 0.600. The lowest BCUT2D eigenvalue weighted by molar-refractivity contribution is 0.0804. The third kappa shape index (κ3) is 3.68.